The molecule has 8 heteroatoms. The van der Waals surface area contributed by atoms with E-state index < -0.39 is 0 Å². The van der Waals surface area contributed by atoms with Gasteiger partial charge in [0.05, 0.1) is 24.9 Å². The number of amides is 1. The zero-order chi connectivity index (χ0) is 21.8. The van der Waals surface area contributed by atoms with Gasteiger partial charge in [-0.25, -0.2) is 4.98 Å². The van der Waals surface area contributed by atoms with E-state index in [0.717, 1.165) is 23.5 Å². The largest absolute Gasteiger partial charge is 0.377 e. The molecule has 1 amide bonds. The summed E-state index contributed by atoms with van der Waals surface area (Å²) in [6, 6.07) is 17.9. The lowest BCUT2D eigenvalue weighted by atomic mass is 10.1. The first kappa shape index (κ1) is 20.4. The molecule has 1 fully saturated rings. The van der Waals surface area contributed by atoms with Gasteiger partial charge in [-0.05, 0) is 42.0 Å². The molecule has 1 atom stereocenters. The van der Waals surface area contributed by atoms with Gasteiger partial charge in [0.1, 0.15) is 5.69 Å². The van der Waals surface area contributed by atoms with Crippen molar-refractivity contribution in [2.45, 2.75) is 12.6 Å². The number of aromatic nitrogens is 3. The Morgan fingerprint density at radius 2 is 1.97 bits per heavy atom. The minimum Gasteiger partial charge on any atom is -0.377 e. The van der Waals surface area contributed by atoms with E-state index in [1.165, 1.54) is 11.3 Å². The quantitative estimate of drug-likeness (QED) is 0.481. The highest BCUT2D eigenvalue weighted by Gasteiger charge is 2.27. The fourth-order valence-corrected chi connectivity index (χ4v) is 4.63. The van der Waals surface area contributed by atoms with Crippen LogP contribution in [-0.4, -0.2) is 40.2 Å². The zero-order valence-electron chi connectivity index (χ0n) is 17.4. The third kappa shape index (κ3) is 4.42. The highest BCUT2D eigenvalue weighted by Crippen LogP contribution is 2.31. The number of nitrogens with one attached hydrogen (secondary N) is 1. The van der Waals surface area contributed by atoms with Gasteiger partial charge in [-0.3, -0.25) is 15.1 Å². The van der Waals surface area contributed by atoms with E-state index in [0.29, 0.717) is 30.6 Å². The van der Waals surface area contributed by atoms with Crippen molar-refractivity contribution in [3.05, 3.63) is 95.5 Å². The third-order valence-electron chi connectivity index (χ3n) is 5.46. The van der Waals surface area contributed by atoms with Crippen LogP contribution in [0.4, 0.5) is 10.8 Å². The van der Waals surface area contributed by atoms with Crippen molar-refractivity contribution in [3.63, 3.8) is 0 Å². The lowest BCUT2D eigenvalue weighted by molar-refractivity contribution is 0.0932. The van der Waals surface area contributed by atoms with E-state index in [2.05, 4.69) is 27.3 Å². The molecule has 0 unspecified atom stereocenters. The van der Waals surface area contributed by atoms with Crippen molar-refractivity contribution in [3.8, 4) is 0 Å². The van der Waals surface area contributed by atoms with Crippen LogP contribution >= 0.6 is 11.3 Å². The van der Waals surface area contributed by atoms with Crippen molar-refractivity contribution < 1.29 is 9.53 Å². The maximum Gasteiger partial charge on any atom is 0.274 e. The summed E-state index contributed by atoms with van der Waals surface area (Å²) in [5, 5.41) is 5.55. The molecule has 4 heterocycles. The van der Waals surface area contributed by atoms with Crippen LogP contribution in [0.25, 0.3) is 0 Å². The molecule has 0 aliphatic carbocycles. The molecular weight excluding hydrogens is 422 g/mol. The van der Waals surface area contributed by atoms with Gasteiger partial charge in [-0.2, -0.15) is 0 Å². The Morgan fingerprint density at radius 1 is 1.12 bits per heavy atom. The maximum atomic E-state index is 12.9. The summed E-state index contributed by atoms with van der Waals surface area (Å²) in [7, 11) is 0. The molecule has 4 aromatic rings. The molecule has 3 aromatic heterocycles. The predicted octanol–water partition coefficient (Wildman–Crippen LogP) is 4.22. The molecule has 0 spiro atoms. The highest BCUT2D eigenvalue weighted by molar-refractivity contribution is 7.14. The number of carbonyl (C=O) groups is 1. The Labute approximate surface area is 190 Å². The molecule has 1 aliphatic rings. The van der Waals surface area contributed by atoms with Crippen molar-refractivity contribution in [1.82, 2.24) is 14.5 Å². The van der Waals surface area contributed by atoms with Gasteiger partial charge in [-0.15, -0.1) is 11.3 Å². The highest BCUT2D eigenvalue weighted by atomic mass is 32.1. The molecule has 5 rings (SSSR count). The number of thiazole rings is 1. The van der Waals surface area contributed by atoms with E-state index in [1.807, 2.05) is 58.6 Å². The van der Waals surface area contributed by atoms with Gasteiger partial charge in [0.2, 0.25) is 0 Å². The summed E-state index contributed by atoms with van der Waals surface area (Å²) in [5.74, 6) is -0.176. The molecule has 0 radical (unpaired) electrons. The van der Waals surface area contributed by atoms with Crippen LogP contribution < -0.4 is 10.2 Å². The van der Waals surface area contributed by atoms with Crippen LogP contribution in [0.2, 0.25) is 0 Å². The van der Waals surface area contributed by atoms with Crippen LogP contribution in [0.1, 0.15) is 27.8 Å². The number of hydrogen-bond donors (Lipinski definition) is 1. The van der Waals surface area contributed by atoms with Gasteiger partial charge in [0.25, 0.3) is 5.91 Å². The number of ether oxygens (including phenoxy) is 1. The van der Waals surface area contributed by atoms with Gasteiger partial charge >= 0.3 is 0 Å². The molecule has 1 saturated heterocycles. The van der Waals surface area contributed by atoms with E-state index in [9.17, 15) is 4.79 Å². The molecule has 32 heavy (non-hydrogen) atoms. The van der Waals surface area contributed by atoms with Crippen LogP contribution in [0.5, 0.6) is 0 Å². The van der Waals surface area contributed by atoms with Gasteiger partial charge < -0.3 is 14.2 Å². The Bertz CT molecular complexity index is 1180. The third-order valence-corrected chi connectivity index (χ3v) is 6.24. The van der Waals surface area contributed by atoms with Gasteiger partial charge in [-0.1, -0.05) is 18.2 Å². The average molecular weight is 446 g/mol. The van der Waals surface area contributed by atoms with Crippen LogP contribution in [0.15, 0.2) is 78.6 Å². The van der Waals surface area contributed by atoms with Crippen molar-refractivity contribution >= 4 is 28.1 Å². The number of morpholine rings is 1. The van der Waals surface area contributed by atoms with Crippen molar-refractivity contribution in [1.29, 1.82) is 0 Å². The van der Waals surface area contributed by atoms with Crippen LogP contribution in [0.3, 0.4) is 0 Å². The number of hydrogen-bond acceptors (Lipinski definition) is 6. The Kier molecular flexibility index (Phi) is 5.96. The molecular formula is C24H23N5O2S. The van der Waals surface area contributed by atoms with Crippen LogP contribution in [0, 0.1) is 0 Å². The van der Waals surface area contributed by atoms with Crippen molar-refractivity contribution in [2.75, 3.05) is 30.0 Å². The molecule has 1 N–H and O–H groups in total. The van der Waals surface area contributed by atoms with E-state index >= 15 is 0 Å². The SMILES string of the molecule is O=C(Nc1nc([C@@H]2COCCN2c2ccccc2)cs1)c1cccn1Cc1ccncc1. The summed E-state index contributed by atoms with van der Waals surface area (Å²) in [4.78, 5) is 24.0. The Morgan fingerprint density at radius 3 is 2.81 bits per heavy atom. The first-order valence-electron chi connectivity index (χ1n) is 10.5. The number of benzene rings is 1. The Balaban J connectivity index is 1.30. The number of anilines is 2. The summed E-state index contributed by atoms with van der Waals surface area (Å²) in [5.41, 5.74) is 3.72. The molecule has 1 aliphatic heterocycles. The smallest absolute Gasteiger partial charge is 0.274 e. The molecule has 0 saturated carbocycles. The Hall–Kier alpha value is -3.49. The van der Waals surface area contributed by atoms with E-state index in [4.69, 9.17) is 9.72 Å². The van der Waals surface area contributed by atoms with Gasteiger partial charge in [0.15, 0.2) is 5.13 Å². The summed E-state index contributed by atoms with van der Waals surface area (Å²) < 4.78 is 7.66. The zero-order valence-corrected chi connectivity index (χ0v) is 18.2. The predicted molar refractivity (Wildman–Crippen MR) is 125 cm³/mol. The number of nitrogens with zero attached hydrogens (tertiary/aromatic N) is 4. The monoisotopic (exact) mass is 445 g/mol. The number of carbonyl (C=O) groups excluding carboxylic acids is 1. The number of rotatable bonds is 6. The van der Waals surface area contributed by atoms with Crippen molar-refractivity contribution in [2.24, 2.45) is 0 Å². The minimum atomic E-state index is -0.176. The fourth-order valence-electron chi connectivity index (χ4n) is 3.88. The number of para-hydroxylation sites is 1. The molecule has 1 aromatic carbocycles. The lowest BCUT2D eigenvalue weighted by Crippen LogP contribution is -2.39. The first-order valence-corrected chi connectivity index (χ1v) is 11.4. The fraction of sp³-hybridized carbons (Fsp3) is 0.208. The first-order chi connectivity index (χ1) is 15.8. The second-order valence-electron chi connectivity index (χ2n) is 7.53. The topological polar surface area (TPSA) is 72.3 Å². The van der Waals surface area contributed by atoms with Crippen LogP contribution in [-0.2, 0) is 11.3 Å². The van der Waals surface area contributed by atoms with E-state index in [1.54, 1.807) is 12.4 Å². The van der Waals surface area contributed by atoms with E-state index in [-0.39, 0.29) is 11.9 Å². The summed E-state index contributed by atoms with van der Waals surface area (Å²) >= 11 is 1.43. The lowest BCUT2D eigenvalue weighted by Gasteiger charge is -2.36. The second-order valence-corrected chi connectivity index (χ2v) is 8.39. The molecule has 162 valence electrons. The molecule has 7 nitrogen and oxygen atoms in total. The number of pyridine rings is 1. The second kappa shape index (κ2) is 9.33. The minimum absolute atomic E-state index is 0.0172. The maximum absolute atomic E-state index is 12.9. The van der Waals surface area contributed by atoms with Gasteiger partial charge in [0, 0.05) is 42.7 Å². The summed E-state index contributed by atoms with van der Waals surface area (Å²) in [6.45, 7) is 2.66. The average Bonchev–Trinajstić information content (AvgIpc) is 3.50. The molecule has 0 bridgehead atoms. The summed E-state index contributed by atoms with van der Waals surface area (Å²) in [6.07, 6.45) is 5.41. The standard InChI is InChI=1S/C24H23N5O2S/c30-23(21-7-4-12-28(21)15-18-8-10-25-11-9-18)27-24-26-20(17-32-24)22-16-31-14-13-29(22)19-5-2-1-3-6-19/h1-12,17,22H,13-16H2,(H,26,27,30)/t22-/m0/s1. The normalized spacial score (nSPS) is 16.1.